The highest BCUT2D eigenvalue weighted by Crippen LogP contribution is 2.33. The molecule has 0 aromatic carbocycles. The third-order valence-corrected chi connectivity index (χ3v) is 6.13. The molecule has 3 heterocycles. The lowest BCUT2D eigenvalue weighted by molar-refractivity contribution is 0.379. The molecule has 114 valence electrons. The summed E-state index contributed by atoms with van der Waals surface area (Å²) in [5.74, 6) is 0. The minimum absolute atomic E-state index is 0.0135. The van der Waals surface area contributed by atoms with Crippen molar-refractivity contribution < 1.29 is 8.42 Å². The largest absolute Gasteiger partial charge is 0.345 e. The van der Waals surface area contributed by atoms with Gasteiger partial charge in [0.25, 0.3) is 0 Å². The second kappa shape index (κ2) is 5.57. The Morgan fingerprint density at radius 3 is 3.14 bits per heavy atom. The van der Waals surface area contributed by atoms with E-state index < -0.39 is 10.0 Å². The average molecular weight is 329 g/mol. The summed E-state index contributed by atoms with van der Waals surface area (Å²) in [7, 11) is -1.75. The van der Waals surface area contributed by atoms with E-state index in [2.05, 4.69) is 15.3 Å². The molecule has 2 aromatic rings. The molecule has 1 aliphatic heterocycles. The van der Waals surface area contributed by atoms with Crippen LogP contribution in [0.2, 0.25) is 5.02 Å². The van der Waals surface area contributed by atoms with Crippen molar-refractivity contribution in [2.75, 3.05) is 20.1 Å². The molecular formula is C13H17ClN4O2S. The molecule has 0 bridgehead atoms. The van der Waals surface area contributed by atoms with Crippen LogP contribution in [0.25, 0.3) is 11.0 Å². The van der Waals surface area contributed by atoms with E-state index in [0.717, 1.165) is 12.8 Å². The lowest BCUT2D eigenvalue weighted by Gasteiger charge is -2.23. The van der Waals surface area contributed by atoms with Crippen molar-refractivity contribution in [3.8, 4) is 0 Å². The Hall–Kier alpha value is -1.15. The summed E-state index contributed by atoms with van der Waals surface area (Å²) in [6, 6.07) is 1.59. The number of hydrogen-bond acceptors (Lipinski definition) is 4. The Bertz CT molecular complexity index is 759. The maximum Gasteiger partial charge on any atom is 0.245 e. The standard InChI is InChI=1S/C13H17ClN4O2S/c1-15-7-9-3-2-6-18(9)21(19,20)11-8-17-13-12(11)10(14)4-5-16-13/h4-5,8-9,15H,2-3,6-7H2,1H3,(H,16,17). The lowest BCUT2D eigenvalue weighted by atomic mass is 10.2. The van der Waals surface area contributed by atoms with Gasteiger partial charge in [-0.25, -0.2) is 13.4 Å². The van der Waals surface area contributed by atoms with E-state index in [-0.39, 0.29) is 10.9 Å². The molecule has 0 saturated carbocycles. The van der Waals surface area contributed by atoms with Crippen LogP contribution in [0.4, 0.5) is 0 Å². The fourth-order valence-corrected chi connectivity index (χ4v) is 5.05. The zero-order valence-corrected chi connectivity index (χ0v) is 13.2. The van der Waals surface area contributed by atoms with Crippen LogP contribution in [0.3, 0.4) is 0 Å². The van der Waals surface area contributed by atoms with Crippen LogP contribution in [0.5, 0.6) is 0 Å². The molecular weight excluding hydrogens is 312 g/mol. The van der Waals surface area contributed by atoms with Crippen molar-refractivity contribution in [1.29, 1.82) is 0 Å². The van der Waals surface area contributed by atoms with Crippen LogP contribution in [0.1, 0.15) is 12.8 Å². The summed E-state index contributed by atoms with van der Waals surface area (Å²) in [5.41, 5.74) is 0.491. The van der Waals surface area contributed by atoms with Gasteiger partial charge in [0.15, 0.2) is 0 Å². The number of H-pyrrole nitrogens is 1. The third kappa shape index (κ3) is 2.44. The van der Waals surface area contributed by atoms with Crippen molar-refractivity contribution in [3.63, 3.8) is 0 Å². The van der Waals surface area contributed by atoms with Gasteiger partial charge in [-0.15, -0.1) is 0 Å². The molecule has 2 aromatic heterocycles. The molecule has 21 heavy (non-hydrogen) atoms. The van der Waals surface area contributed by atoms with E-state index in [1.165, 1.54) is 6.20 Å². The van der Waals surface area contributed by atoms with E-state index in [4.69, 9.17) is 11.6 Å². The summed E-state index contributed by atoms with van der Waals surface area (Å²) in [6.07, 6.45) is 4.78. The monoisotopic (exact) mass is 328 g/mol. The molecule has 1 unspecified atom stereocenters. The first-order chi connectivity index (χ1) is 10.1. The topological polar surface area (TPSA) is 78.1 Å². The minimum atomic E-state index is -3.58. The normalized spacial score (nSPS) is 20.4. The number of hydrogen-bond donors (Lipinski definition) is 2. The number of likely N-dealkylation sites (N-methyl/N-ethyl adjacent to an activating group) is 1. The van der Waals surface area contributed by atoms with Crippen molar-refractivity contribution in [1.82, 2.24) is 19.6 Å². The van der Waals surface area contributed by atoms with Crippen LogP contribution < -0.4 is 5.32 Å². The van der Waals surface area contributed by atoms with Crippen LogP contribution in [0.15, 0.2) is 23.4 Å². The van der Waals surface area contributed by atoms with Crippen LogP contribution in [0, 0.1) is 0 Å². The van der Waals surface area contributed by atoms with Crippen molar-refractivity contribution in [2.24, 2.45) is 0 Å². The van der Waals surface area contributed by atoms with Crippen LogP contribution in [-0.4, -0.2) is 48.9 Å². The molecule has 8 heteroatoms. The number of fused-ring (bicyclic) bond motifs is 1. The molecule has 3 rings (SSSR count). The fourth-order valence-electron chi connectivity index (χ4n) is 2.88. The molecule has 1 aliphatic rings. The van der Waals surface area contributed by atoms with Gasteiger partial charge in [0.05, 0.1) is 10.4 Å². The Labute approximate surface area is 128 Å². The first-order valence-electron chi connectivity index (χ1n) is 6.83. The number of nitrogens with zero attached hydrogens (tertiary/aromatic N) is 2. The number of halogens is 1. The Balaban J connectivity index is 2.08. The molecule has 0 radical (unpaired) electrons. The fraction of sp³-hybridized carbons (Fsp3) is 0.462. The number of pyridine rings is 1. The number of rotatable bonds is 4. The molecule has 1 fully saturated rings. The molecule has 0 aliphatic carbocycles. The number of aromatic amines is 1. The van der Waals surface area contributed by atoms with Crippen LogP contribution >= 0.6 is 11.6 Å². The third-order valence-electron chi connectivity index (χ3n) is 3.84. The first-order valence-corrected chi connectivity index (χ1v) is 8.65. The summed E-state index contributed by atoms with van der Waals surface area (Å²) in [5, 5.41) is 3.91. The highest BCUT2D eigenvalue weighted by atomic mass is 35.5. The van der Waals surface area contributed by atoms with E-state index in [9.17, 15) is 8.42 Å². The summed E-state index contributed by atoms with van der Waals surface area (Å²) in [6.45, 7) is 1.19. The van der Waals surface area contributed by atoms with Gasteiger partial charge in [-0.3, -0.25) is 0 Å². The highest BCUT2D eigenvalue weighted by Gasteiger charge is 2.36. The molecule has 0 spiro atoms. The van der Waals surface area contributed by atoms with Gasteiger partial charge in [0.2, 0.25) is 10.0 Å². The van der Waals surface area contributed by atoms with Gasteiger partial charge in [0.1, 0.15) is 10.5 Å². The molecule has 0 amide bonds. The second-order valence-electron chi connectivity index (χ2n) is 5.14. The van der Waals surface area contributed by atoms with Crippen LogP contribution in [-0.2, 0) is 10.0 Å². The van der Waals surface area contributed by atoms with Gasteiger partial charge in [-0.1, -0.05) is 11.6 Å². The number of aromatic nitrogens is 2. The van der Waals surface area contributed by atoms with Gasteiger partial charge in [-0.2, -0.15) is 4.31 Å². The quantitative estimate of drug-likeness (QED) is 0.893. The van der Waals surface area contributed by atoms with Gasteiger partial charge >= 0.3 is 0 Å². The number of nitrogens with one attached hydrogen (secondary N) is 2. The average Bonchev–Trinajstić information content (AvgIpc) is 3.06. The smallest absolute Gasteiger partial charge is 0.245 e. The minimum Gasteiger partial charge on any atom is -0.345 e. The Kier molecular flexibility index (Phi) is 3.92. The lowest BCUT2D eigenvalue weighted by Crippen LogP contribution is -2.40. The Morgan fingerprint density at radius 2 is 2.38 bits per heavy atom. The van der Waals surface area contributed by atoms with Gasteiger partial charge < -0.3 is 10.3 Å². The van der Waals surface area contributed by atoms with Gasteiger partial charge in [-0.05, 0) is 26.0 Å². The summed E-state index contributed by atoms with van der Waals surface area (Å²) < 4.78 is 27.4. The SMILES string of the molecule is CNCC1CCCN1S(=O)(=O)c1c[nH]c2nccc(Cl)c12. The summed E-state index contributed by atoms with van der Waals surface area (Å²) >= 11 is 6.16. The molecule has 2 N–H and O–H groups in total. The Morgan fingerprint density at radius 1 is 1.57 bits per heavy atom. The molecule has 1 atom stereocenters. The van der Waals surface area contributed by atoms with Crippen molar-refractivity contribution in [2.45, 2.75) is 23.8 Å². The predicted molar refractivity (Wildman–Crippen MR) is 81.9 cm³/mol. The maximum atomic E-state index is 12.9. The number of sulfonamides is 1. The van der Waals surface area contributed by atoms with Crippen molar-refractivity contribution >= 4 is 32.7 Å². The second-order valence-corrected chi connectivity index (χ2v) is 7.40. The molecule has 6 nitrogen and oxygen atoms in total. The van der Waals surface area contributed by atoms with E-state index in [0.29, 0.717) is 29.1 Å². The first kappa shape index (κ1) is 14.8. The van der Waals surface area contributed by atoms with E-state index in [1.54, 1.807) is 16.6 Å². The van der Waals surface area contributed by atoms with E-state index >= 15 is 0 Å². The zero-order valence-electron chi connectivity index (χ0n) is 11.6. The van der Waals surface area contributed by atoms with E-state index in [1.807, 2.05) is 7.05 Å². The van der Waals surface area contributed by atoms with Crippen molar-refractivity contribution in [3.05, 3.63) is 23.5 Å². The maximum absolute atomic E-state index is 12.9. The zero-order chi connectivity index (χ0) is 15.0. The highest BCUT2D eigenvalue weighted by molar-refractivity contribution is 7.89. The predicted octanol–water partition coefficient (Wildman–Crippen LogP) is 1.59. The van der Waals surface area contributed by atoms with Gasteiger partial charge in [0, 0.05) is 31.5 Å². The summed E-state index contributed by atoms with van der Waals surface area (Å²) in [4.78, 5) is 7.22. The molecule has 1 saturated heterocycles.